The Bertz CT molecular complexity index is 200. The molecule has 0 radical (unpaired) electrons. The highest BCUT2D eigenvalue weighted by Crippen LogP contribution is 2.46. The first-order valence-corrected chi connectivity index (χ1v) is 5.40. The average molecular weight is 182 g/mol. The van der Waals surface area contributed by atoms with Gasteiger partial charge in [0.1, 0.15) is 0 Å². The molecule has 2 nitrogen and oxygen atoms in total. The van der Waals surface area contributed by atoms with E-state index in [2.05, 4.69) is 0 Å². The van der Waals surface area contributed by atoms with E-state index in [1.807, 2.05) is 0 Å². The molecule has 3 unspecified atom stereocenters. The largest absolute Gasteiger partial charge is 0.469 e. The Morgan fingerprint density at radius 2 is 1.92 bits per heavy atom. The van der Waals surface area contributed by atoms with Crippen LogP contribution in [-0.4, -0.2) is 13.1 Å². The molecule has 0 N–H and O–H groups in total. The van der Waals surface area contributed by atoms with Gasteiger partial charge >= 0.3 is 5.97 Å². The number of methoxy groups -OCH3 is 1. The van der Waals surface area contributed by atoms with Crippen molar-refractivity contribution in [3.05, 3.63) is 0 Å². The number of carbonyl (C=O) groups excluding carboxylic acids is 1. The smallest absolute Gasteiger partial charge is 0.308 e. The van der Waals surface area contributed by atoms with Crippen molar-refractivity contribution in [1.82, 2.24) is 0 Å². The van der Waals surface area contributed by atoms with E-state index in [1.165, 1.54) is 39.2 Å². The number of hydrogen-bond donors (Lipinski definition) is 0. The molecule has 3 atom stereocenters. The van der Waals surface area contributed by atoms with E-state index in [0.717, 1.165) is 12.3 Å². The number of rotatable bonds is 1. The number of fused-ring (bicyclic) bond motifs is 1. The van der Waals surface area contributed by atoms with E-state index in [9.17, 15) is 4.79 Å². The molecule has 0 aromatic carbocycles. The Labute approximate surface area is 79.7 Å². The van der Waals surface area contributed by atoms with Crippen LogP contribution in [0.3, 0.4) is 0 Å². The minimum absolute atomic E-state index is 0.0365. The molecule has 0 aromatic heterocycles. The zero-order chi connectivity index (χ0) is 9.26. The van der Waals surface area contributed by atoms with Crippen molar-refractivity contribution in [3.63, 3.8) is 0 Å². The van der Waals surface area contributed by atoms with E-state index in [-0.39, 0.29) is 11.9 Å². The first kappa shape index (κ1) is 9.04. The number of hydrogen-bond acceptors (Lipinski definition) is 2. The monoisotopic (exact) mass is 182 g/mol. The van der Waals surface area contributed by atoms with Crippen molar-refractivity contribution in [2.45, 2.75) is 38.5 Å². The molecule has 13 heavy (non-hydrogen) atoms. The summed E-state index contributed by atoms with van der Waals surface area (Å²) in [4.78, 5) is 11.4. The maximum absolute atomic E-state index is 11.4. The van der Waals surface area contributed by atoms with Crippen LogP contribution in [0.25, 0.3) is 0 Å². The molecule has 0 aromatic rings. The number of esters is 1. The van der Waals surface area contributed by atoms with Gasteiger partial charge in [0.05, 0.1) is 13.0 Å². The highest BCUT2D eigenvalue weighted by molar-refractivity contribution is 5.73. The van der Waals surface area contributed by atoms with Crippen molar-refractivity contribution in [2.75, 3.05) is 7.11 Å². The van der Waals surface area contributed by atoms with Crippen molar-refractivity contribution in [3.8, 4) is 0 Å². The third-order valence-electron chi connectivity index (χ3n) is 3.84. The van der Waals surface area contributed by atoms with Gasteiger partial charge in [-0.25, -0.2) is 0 Å². The summed E-state index contributed by atoms with van der Waals surface area (Å²) in [5.74, 6) is 1.75. The molecular formula is C11H18O2. The summed E-state index contributed by atoms with van der Waals surface area (Å²) in [7, 11) is 1.51. The fraction of sp³-hybridized carbons (Fsp3) is 0.909. The molecule has 0 amide bonds. The molecule has 2 heteroatoms. The van der Waals surface area contributed by atoms with Crippen LogP contribution in [0.1, 0.15) is 38.5 Å². The predicted molar refractivity (Wildman–Crippen MR) is 50.2 cm³/mol. The Hall–Kier alpha value is -0.530. The van der Waals surface area contributed by atoms with Crippen LogP contribution >= 0.6 is 0 Å². The molecule has 2 aliphatic carbocycles. The Balaban J connectivity index is 2.02. The van der Waals surface area contributed by atoms with Crippen LogP contribution in [-0.2, 0) is 9.53 Å². The summed E-state index contributed by atoms with van der Waals surface area (Å²) in [5.41, 5.74) is 0. The lowest BCUT2D eigenvalue weighted by atomic mass is 9.78. The summed E-state index contributed by atoms with van der Waals surface area (Å²) < 4.78 is 4.84. The molecule has 2 saturated carbocycles. The van der Waals surface area contributed by atoms with E-state index in [1.54, 1.807) is 0 Å². The van der Waals surface area contributed by atoms with Crippen LogP contribution in [0.5, 0.6) is 0 Å². The molecule has 2 rings (SSSR count). The lowest BCUT2D eigenvalue weighted by molar-refractivity contribution is -0.147. The van der Waals surface area contributed by atoms with Crippen LogP contribution < -0.4 is 0 Å². The first-order chi connectivity index (χ1) is 6.33. The highest BCUT2D eigenvalue weighted by Gasteiger charge is 2.41. The zero-order valence-corrected chi connectivity index (χ0v) is 8.29. The molecule has 2 aliphatic rings. The fourth-order valence-corrected chi connectivity index (χ4v) is 3.18. The molecule has 0 aliphatic heterocycles. The molecule has 0 saturated heterocycles. The maximum atomic E-state index is 11.4. The Kier molecular flexibility index (Phi) is 2.56. The van der Waals surface area contributed by atoms with Gasteiger partial charge in [-0.3, -0.25) is 4.79 Å². The van der Waals surface area contributed by atoms with Crippen LogP contribution in [0.4, 0.5) is 0 Å². The van der Waals surface area contributed by atoms with Gasteiger partial charge in [-0.2, -0.15) is 0 Å². The second-order valence-electron chi connectivity index (χ2n) is 4.42. The van der Waals surface area contributed by atoms with E-state index >= 15 is 0 Å². The molecule has 0 spiro atoms. The Morgan fingerprint density at radius 1 is 1.15 bits per heavy atom. The van der Waals surface area contributed by atoms with Gasteiger partial charge in [0.15, 0.2) is 0 Å². The van der Waals surface area contributed by atoms with E-state index in [4.69, 9.17) is 4.74 Å². The Morgan fingerprint density at radius 3 is 2.69 bits per heavy atom. The van der Waals surface area contributed by atoms with Gasteiger partial charge in [0.25, 0.3) is 0 Å². The molecule has 74 valence electrons. The third kappa shape index (κ3) is 1.59. The number of carbonyl (C=O) groups is 1. The summed E-state index contributed by atoms with van der Waals surface area (Å²) in [6.07, 6.45) is 7.61. The van der Waals surface area contributed by atoms with Crippen LogP contribution in [0, 0.1) is 17.8 Å². The van der Waals surface area contributed by atoms with Gasteiger partial charge in [0, 0.05) is 0 Å². The van der Waals surface area contributed by atoms with Gasteiger partial charge in [-0.05, 0) is 31.1 Å². The summed E-state index contributed by atoms with van der Waals surface area (Å²) in [5, 5.41) is 0. The van der Waals surface area contributed by atoms with E-state index < -0.39 is 0 Å². The molecular weight excluding hydrogens is 164 g/mol. The topological polar surface area (TPSA) is 26.3 Å². The minimum Gasteiger partial charge on any atom is -0.469 e. The molecule has 0 heterocycles. The second-order valence-corrected chi connectivity index (χ2v) is 4.42. The summed E-state index contributed by atoms with van der Waals surface area (Å²) in [6.45, 7) is 0. The second kappa shape index (κ2) is 3.69. The van der Waals surface area contributed by atoms with Gasteiger partial charge in [-0.1, -0.05) is 19.3 Å². The third-order valence-corrected chi connectivity index (χ3v) is 3.84. The molecule has 2 fully saturated rings. The lowest BCUT2D eigenvalue weighted by Crippen LogP contribution is -2.25. The van der Waals surface area contributed by atoms with Crippen LogP contribution in [0.2, 0.25) is 0 Å². The average Bonchev–Trinajstić information content (AvgIpc) is 2.60. The van der Waals surface area contributed by atoms with Crippen molar-refractivity contribution in [2.24, 2.45) is 17.8 Å². The predicted octanol–water partition coefficient (Wildman–Crippen LogP) is 2.38. The van der Waals surface area contributed by atoms with Crippen molar-refractivity contribution >= 4 is 5.97 Å². The summed E-state index contributed by atoms with van der Waals surface area (Å²) >= 11 is 0. The zero-order valence-electron chi connectivity index (χ0n) is 8.29. The van der Waals surface area contributed by atoms with Crippen molar-refractivity contribution < 1.29 is 9.53 Å². The maximum Gasteiger partial charge on any atom is 0.308 e. The van der Waals surface area contributed by atoms with E-state index in [0.29, 0.717) is 5.92 Å². The normalized spacial score (nSPS) is 38.4. The molecule has 0 bridgehead atoms. The first-order valence-electron chi connectivity index (χ1n) is 5.40. The van der Waals surface area contributed by atoms with Gasteiger partial charge in [0.2, 0.25) is 0 Å². The van der Waals surface area contributed by atoms with Gasteiger partial charge in [-0.15, -0.1) is 0 Å². The summed E-state index contributed by atoms with van der Waals surface area (Å²) in [6, 6.07) is 0. The number of ether oxygens (including phenoxy) is 1. The fourth-order valence-electron chi connectivity index (χ4n) is 3.18. The van der Waals surface area contributed by atoms with Gasteiger partial charge < -0.3 is 4.74 Å². The standard InChI is InChI=1S/C11H18O2/c1-13-11(12)10-7-6-8-4-2-3-5-9(8)10/h8-10H,2-7H2,1H3. The lowest BCUT2D eigenvalue weighted by Gasteiger charge is -2.27. The SMILES string of the molecule is COC(=O)C1CCC2CCCCC21. The van der Waals surface area contributed by atoms with Crippen molar-refractivity contribution in [1.29, 1.82) is 0 Å². The highest BCUT2D eigenvalue weighted by atomic mass is 16.5. The minimum atomic E-state index is 0.0365. The quantitative estimate of drug-likeness (QED) is 0.582. The van der Waals surface area contributed by atoms with Crippen LogP contribution in [0.15, 0.2) is 0 Å².